The van der Waals surface area contributed by atoms with E-state index in [2.05, 4.69) is 4.90 Å². The third-order valence-corrected chi connectivity index (χ3v) is 4.89. The Balaban J connectivity index is 1.95. The van der Waals surface area contributed by atoms with E-state index in [0.717, 1.165) is 19.4 Å². The maximum absolute atomic E-state index is 13.1. The Morgan fingerprint density at radius 1 is 1.14 bits per heavy atom. The summed E-state index contributed by atoms with van der Waals surface area (Å²) in [6, 6.07) is 4.74. The number of aliphatic hydroxyl groups excluding tert-OH is 1. The third kappa shape index (κ3) is 2.76. The van der Waals surface area contributed by atoms with Gasteiger partial charge in [0.2, 0.25) is 0 Å². The van der Waals surface area contributed by atoms with Gasteiger partial charge in [0.15, 0.2) is 0 Å². The number of aliphatic hydroxyl groups is 1. The summed E-state index contributed by atoms with van der Waals surface area (Å²) in [4.78, 5) is 2.15. The predicted molar refractivity (Wildman–Crippen MR) is 75.1 cm³/mol. The Hall–Kier alpha value is -1.23. The van der Waals surface area contributed by atoms with Crippen LogP contribution < -0.4 is 4.90 Å². The first kappa shape index (κ1) is 14.7. The van der Waals surface area contributed by atoms with Crippen LogP contribution in [0.5, 0.6) is 0 Å². The van der Waals surface area contributed by atoms with E-state index in [1.165, 1.54) is 31.4 Å². The highest BCUT2D eigenvalue weighted by atomic mass is 19.4. The van der Waals surface area contributed by atoms with Crippen LogP contribution in [0.15, 0.2) is 18.2 Å². The van der Waals surface area contributed by atoms with Crippen LogP contribution in [-0.4, -0.2) is 17.7 Å². The van der Waals surface area contributed by atoms with Crippen molar-refractivity contribution in [3.8, 4) is 0 Å². The van der Waals surface area contributed by atoms with Crippen molar-refractivity contribution < 1.29 is 18.3 Å². The molecule has 1 aliphatic heterocycles. The summed E-state index contributed by atoms with van der Waals surface area (Å²) in [7, 11) is 0. The van der Waals surface area contributed by atoms with Crippen LogP contribution in [0.4, 0.5) is 18.9 Å². The van der Waals surface area contributed by atoms with Crippen LogP contribution in [0.3, 0.4) is 0 Å². The normalized spacial score (nSPS) is 26.0. The monoisotopic (exact) mass is 299 g/mol. The molecule has 2 nitrogen and oxygen atoms in total. The molecule has 0 bridgehead atoms. The van der Waals surface area contributed by atoms with Gasteiger partial charge in [-0.05, 0) is 49.3 Å². The lowest BCUT2D eigenvalue weighted by Crippen LogP contribution is -2.42. The van der Waals surface area contributed by atoms with Crippen LogP contribution in [-0.2, 0) is 12.8 Å². The Morgan fingerprint density at radius 3 is 2.62 bits per heavy atom. The standard InChI is InChI=1S/C16H20F3NO/c17-16(18,19)14-9-13(7-6-12(14)10-21)20-8-2-4-11-3-1-5-15(11)20/h6-7,9,11,15,21H,1-5,8,10H2. The molecule has 0 radical (unpaired) electrons. The van der Waals surface area contributed by atoms with Crippen LogP contribution >= 0.6 is 0 Å². The first-order valence-corrected chi connectivity index (χ1v) is 7.58. The third-order valence-electron chi connectivity index (χ3n) is 4.89. The van der Waals surface area contributed by atoms with Gasteiger partial charge in [0.1, 0.15) is 0 Å². The summed E-state index contributed by atoms with van der Waals surface area (Å²) in [5.74, 6) is 0.630. The summed E-state index contributed by atoms with van der Waals surface area (Å²) in [5, 5.41) is 9.12. The van der Waals surface area contributed by atoms with Crippen molar-refractivity contribution in [1.29, 1.82) is 0 Å². The summed E-state index contributed by atoms with van der Waals surface area (Å²) >= 11 is 0. The number of halogens is 3. The minimum absolute atomic E-state index is 0.0498. The molecule has 1 saturated carbocycles. The van der Waals surface area contributed by atoms with E-state index >= 15 is 0 Å². The number of anilines is 1. The molecule has 1 aliphatic carbocycles. The van der Waals surface area contributed by atoms with Crippen LogP contribution in [0, 0.1) is 5.92 Å². The van der Waals surface area contributed by atoms with Gasteiger partial charge < -0.3 is 10.0 Å². The molecule has 1 aromatic rings. The molecular weight excluding hydrogens is 279 g/mol. The van der Waals surface area contributed by atoms with E-state index in [4.69, 9.17) is 5.11 Å². The van der Waals surface area contributed by atoms with Gasteiger partial charge in [-0.3, -0.25) is 0 Å². The highest BCUT2D eigenvalue weighted by Crippen LogP contribution is 2.41. The molecule has 3 rings (SSSR count). The highest BCUT2D eigenvalue weighted by molar-refractivity contribution is 5.53. The number of hydrogen-bond acceptors (Lipinski definition) is 2. The Morgan fingerprint density at radius 2 is 1.90 bits per heavy atom. The second-order valence-corrected chi connectivity index (χ2v) is 6.09. The molecule has 0 amide bonds. The van der Waals surface area contributed by atoms with Crippen molar-refractivity contribution >= 4 is 5.69 Å². The second-order valence-electron chi connectivity index (χ2n) is 6.09. The van der Waals surface area contributed by atoms with Gasteiger partial charge in [-0.15, -0.1) is 0 Å². The molecule has 21 heavy (non-hydrogen) atoms. The van der Waals surface area contributed by atoms with Gasteiger partial charge in [0, 0.05) is 18.3 Å². The van der Waals surface area contributed by atoms with Crippen molar-refractivity contribution in [3.05, 3.63) is 29.3 Å². The predicted octanol–water partition coefficient (Wildman–Crippen LogP) is 3.97. The quantitative estimate of drug-likeness (QED) is 0.893. The Kier molecular flexibility index (Phi) is 3.86. The lowest BCUT2D eigenvalue weighted by molar-refractivity contribution is -0.138. The largest absolute Gasteiger partial charge is 0.416 e. The number of alkyl halides is 3. The second kappa shape index (κ2) is 5.52. The molecule has 2 aliphatic rings. The molecular formula is C16H20F3NO. The zero-order valence-electron chi connectivity index (χ0n) is 11.9. The smallest absolute Gasteiger partial charge is 0.392 e. The SMILES string of the molecule is OCc1ccc(N2CCCC3CCCC32)cc1C(F)(F)F. The maximum atomic E-state index is 13.1. The van der Waals surface area contributed by atoms with Gasteiger partial charge >= 0.3 is 6.18 Å². The molecule has 0 aromatic heterocycles. The van der Waals surface area contributed by atoms with E-state index in [9.17, 15) is 13.2 Å². The van der Waals surface area contributed by atoms with E-state index < -0.39 is 18.3 Å². The number of nitrogens with zero attached hydrogens (tertiary/aromatic N) is 1. The molecule has 0 spiro atoms. The molecule has 1 N–H and O–H groups in total. The minimum atomic E-state index is -4.42. The minimum Gasteiger partial charge on any atom is -0.392 e. The number of piperidine rings is 1. The molecule has 2 fully saturated rings. The summed E-state index contributed by atoms with van der Waals surface area (Å²) < 4.78 is 39.4. The zero-order chi connectivity index (χ0) is 15.0. The van der Waals surface area contributed by atoms with Crippen molar-refractivity contribution in [1.82, 2.24) is 0 Å². The van der Waals surface area contributed by atoms with Crippen LogP contribution in [0.1, 0.15) is 43.2 Å². The van der Waals surface area contributed by atoms with Gasteiger partial charge in [0.25, 0.3) is 0 Å². The van der Waals surface area contributed by atoms with Crippen molar-refractivity contribution in [2.75, 3.05) is 11.4 Å². The highest BCUT2D eigenvalue weighted by Gasteiger charge is 2.37. The van der Waals surface area contributed by atoms with Gasteiger partial charge in [-0.25, -0.2) is 0 Å². The molecule has 1 saturated heterocycles. The fraction of sp³-hybridized carbons (Fsp3) is 0.625. The van der Waals surface area contributed by atoms with E-state index in [0.29, 0.717) is 17.6 Å². The molecule has 116 valence electrons. The molecule has 2 atom stereocenters. The number of fused-ring (bicyclic) bond motifs is 1. The van der Waals surface area contributed by atoms with Crippen LogP contribution in [0.25, 0.3) is 0 Å². The summed E-state index contributed by atoms with van der Waals surface area (Å²) in [5.41, 5.74) is -0.107. The molecule has 5 heteroatoms. The summed E-state index contributed by atoms with van der Waals surface area (Å²) in [6.07, 6.45) is 1.27. The van der Waals surface area contributed by atoms with Crippen LogP contribution in [0.2, 0.25) is 0 Å². The molecule has 2 unspecified atom stereocenters. The number of hydrogen-bond donors (Lipinski definition) is 1. The summed E-state index contributed by atoms with van der Waals surface area (Å²) in [6.45, 7) is 0.248. The van der Waals surface area contributed by atoms with Crippen molar-refractivity contribution in [3.63, 3.8) is 0 Å². The first-order valence-electron chi connectivity index (χ1n) is 7.58. The van der Waals surface area contributed by atoms with Gasteiger partial charge in [-0.2, -0.15) is 13.2 Å². The van der Waals surface area contributed by atoms with Crippen molar-refractivity contribution in [2.24, 2.45) is 5.92 Å². The van der Waals surface area contributed by atoms with E-state index in [1.54, 1.807) is 6.07 Å². The fourth-order valence-corrected chi connectivity index (χ4v) is 3.92. The number of benzene rings is 1. The lowest BCUT2D eigenvalue weighted by Gasteiger charge is -2.40. The van der Waals surface area contributed by atoms with E-state index in [1.807, 2.05) is 0 Å². The Labute approximate surface area is 122 Å². The average molecular weight is 299 g/mol. The maximum Gasteiger partial charge on any atom is 0.416 e. The zero-order valence-corrected chi connectivity index (χ0v) is 11.9. The number of rotatable bonds is 2. The average Bonchev–Trinajstić information content (AvgIpc) is 2.94. The first-order chi connectivity index (χ1) is 10.0. The topological polar surface area (TPSA) is 23.5 Å². The molecule has 1 heterocycles. The fourth-order valence-electron chi connectivity index (χ4n) is 3.92. The molecule has 1 aromatic carbocycles. The van der Waals surface area contributed by atoms with Crippen molar-refractivity contribution in [2.45, 2.75) is 50.9 Å². The lowest BCUT2D eigenvalue weighted by atomic mass is 9.91. The Bertz CT molecular complexity index is 515. The van der Waals surface area contributed by atoms with Gasteiger partial charge in [-0.1, -0.05) is 12.5 Å². The van der Waals surface area contributed by atoms with E-state index in [-0.39, 0.29) is 5.56 Å². The van der Waals surface area contributed by atoms with Gasteiger partial charge in [0.05, 0.1) is 12.2 Å².